The third-order valence-corrected chi connectivity index (χ3v) is 4.81. The van der Waals surface area contributed by atoms with Crippen LogP contribution in [0.4, 0.5) is 0 Å². The summed E-state index contributed by atoms with van der Waals surface area (Å²) < 4.78 is 0. The van der Waals surface area contributed by atoms with Crippen LogP contribution in [0, 0.1) is 11.8 Å². The van der Waals surface area contributed by atoms with Gasteiger partial charge in [-0.25, -0.2) is 0 Å². The van der Waals surface area contributed by atoms with Crippen LogP contribution in [0.3, 0.4) is 0 Å². The van der Waals surface area contributed by atoms with Gasteiger partial charge < -0.3 is 5.32 Å². The average molecular weight is 259 g/mol. The van der Waals surface area contributed by atoms with Gasteiger partial charge in [0.25, 0.3) is 0 Å². The molecule has 1 fully saturated rings. The van der Waals surface area contributed by atoms with Crippen molar-refractivity contribution in [1.29, 1.82) is 0 Å². The molecular formula is C18H29N. The first-order chi connectivity index (χ1) is 9.16. The van der Waals surface area contributed by atoms with Crippen molar-refractivity contribution in [1.82, 2.24) is 5.32 Å². The molecule has 106 valence electrons. The molecule has 0 bridgehead atoms. The highest BCUT2D eigenvalue weighted by atomic mass is 14.9. The van der Waals surface area contributed by atoms with Gasteiger partial charge in [-0.3, -0.25) is 0 Å². The molecule has 0 aliphatic heterocycles. The highest BCUT2D eigenvalue weighted by molar-refractivity contribution is 5.18. The van der Waals surface area contributed by atoms with E-state index < -0.39 is 0 Å². The Bertz CT molecular complexity index is 359. The molecule has 1 aliphatic rings. The van der Waals surface area contributed by atoms with Gasteiger partial charge in [0, 0.05) is 6.04 Å². The fraction of sp³-hybridized carbons (Fsp3) is 0.667. The van der Waals surface area contributed by atoms with Crippen LogP contribution in [-0.4, -0.2) is 12.6 Å². The second kappa shape index (κ2) is 7.09. The van der Waals surface area contributed by atoms with Crippen LogP contribution in [0.1, 0.15) is 57.9 Å². The minimum absolute atomic E-state index is 0.657. The van der Waals surface area contributed by atoms with Crippen LogP contribution in [0.5, 0.6) is 0 Å². The van der Waals surface area contributed by atoms with E-state index in [0.717, 1.165) is 24.4 Å². The van der Waals surface area contributed by atoms with E-state index in [2.05, 4.69) is 56.4 Å². The molecule has 1 saturated carbocycles. The normalized spacial score (nSPS) is 29.1. The van der Waals surface area contributed by atoms with Crippen molar-refractivity contribution in [3.8, 4) is 0 Å². The average Bonchev–Trinajstić information content (AvgIpc) is 2.43. The lowest BCUT2D eigenvalue weighted by molar-refractivity contribution is 0.228. The molecule has 4 unspecified atom stereocenters. The number of nitrogens with one attached hydrogen (secondary N) is 1. The van der Waals surface area contributed by atoms with Crippen molar-refractivity contribution >= 4 is 0 Å². The Hall–Kier alpha value is -0.820. The molecule has 1 aliphatic carbocycles. The van der Waals surface area contributed by atoms with Gasteiger partial charge in [-0.05, 0) is 49.1 Å². The first kappa shape index (κ1) is 14.6. The van der Waals surface area contributed by atoms with E-state index in [1.807, 2.05) is 0 Å². The molecule has 1 nitrogen and oxygen atoms in total. The first-order valence-corrected chi connectivity index (χ1v) is 7.95. The summed E-state index contributed by atoms with van der Waals surface area (Å²) >= 11 is 0. The zero-order valence-electron chi connectivity index (χ0n) is 12.7. The molecule has 1 heteroatoms. The molecule has 0 amide bonds. The van der Waals surface area contributed by atoms with Crippen LogP contribution < -0.4 is 5.32 Å². The van der Waals surface area contributed by atoms with E-state index in [1.54, 1.807) is 0 Å². The van der Waals surface area contributed by atoms with Crippen molar-refractivity contribution in [2.24, 2.45) is 11.8 Å². The van der Waals surface area contributed by atoms with E-state index in [0.29, 0.717) is 5.92 Å². The van der Waals surface area contributed by atoms with Crippen LogP contribution >= 0.6 is 0 Å². The Morgan fingerprint density at radius 3 is 2.63 bits per heavy atom. The Morgan fingerprint density at radius 1 is 1.16 bits per heavy atom. The topological polar surface area (TPSA) is 12.0 Å². The molecular weight excluding hydrogens is 230 g/mol. The summed E-state index contributed by atoms with van der Waals surface area (Å²) in [7, 11) is 0. The third-order valence-electron chi connectivity index (χ3n) is 4.81. The summed E-state index contributed by atoms with van der Waals surface area (Å²) in [5.74, 6) is 2.41. The molecule has 0 aromatic heterocycles. The summed E-state index contributed by atoms with van der Waals surface area (Å²) in [5.41, 5.74) is 1.47. The summed E-state index contributed by atoms with van der Waals surface area (Å²) in [4.78, 5) is 0. The largest absolute Gasteiger partial charge is 0.314 e. The fourth-order valence-corrected chi connectivity index (χ4v) is 3.25. The second-order valence-corrected chi connectivity index (χ2v) is 6.56. The molecule has 19 heavy (non-hydrogen) atoms. The minimum atomic E-state index is 0.657. The summed E-state index contributed by atoms with van der Waals surface area (Å²) in [5, 5.41) is 3.80. The van der Waals surface area contributed by atoms with Gasteiger partial charge in [0.05, 0.1) is 0 Å². The van der Waals surface area contributed by atoms with Gasteiger partial charge in [-0.15, -0.1) is 0 Å². The molecule has 0 spiro atoms. The van der Waals surface area contributed by atoms with E-state index in [-0.39, 0.29) is 0 Å². The lowest BCUT2D eigenvalue weighted by Gasteiger charge is -2.33. The molecule has 1 aromatic rings. The van der Waals surface area contributed by atoms with E-state index in [9.17, 15) is 0 Å². The lowest BCUT2D eigenvalue weighted by atomic mass is 9.80. The fourth-order valence-electron chi connectivity index (χ4n) is 3.25. The quantitative estimate of drug-likeness (QED) is 0.815. The zero-order chi connectivity index (χ0) is 13.7. The van der Waals surface area contributed by atoms with Crippen LogP contribution in [0.2, 0.25) is 0 Å². The standard InChI is InChI=1S/C18H29N/c1-14-9-10-16(3)18(13-14)19-12-11-15(2)17-7-5-4-6-8-17/h4-8,14-16,18-19H,9-13H2,1-3H3. The SMILES string of the molecule is CC1CCC(C)C(NCCC(C)c2ccccc2)C1. The summed E-state index contributed by atoms with van der Waals surface area (Å²) in [6, 6.07) is 11.6. The molecule has 0 radical (unpaired) electrons. The first-order valence-electron chi connectivity index (χ1n) is 7.95. The molecule has 0 heterocycles. The maximum atomic E-state index is 3.80. The molecule has 1 N–H and O–H groups in total. The van der Waals surface area contributed by atoms with Gasteiger partial charge in [0.1, 0.15) is 0 Å². The van der Waals surface area contributed by atoms with E-state index in [1.165, 1.54) is 31.2 Å². The van der Waals surface area contributed by atoms with Crippen molar-refractivity contribution in [2.45, 2.75) is 58.4 Å². The van der Waals surface area contributed by atoms with Crippen LogP contribution in [-0.2, 0) is 0 Å². The maximum absolute atomic E-state index is 3.80. The second-order valence-electron chi connectivity index (χ2n) is 6.56. The summed E-state index contributed by atoms with van der Waals surface area (Å²) in [6.45, 7) is 8.29. The van der Waals surface area contributed by atoms with E-state index in [4.69, 9.17) is 0 Å². The van der Waals surface area contributed by atoms with Gasteiger partial charge in [-0.1, -0.05) is 57.5 Å². The lowest BCUT2D eigenvalue weighted by Crippen LogP contribution is -2.40. The van der Waals surface area contributed by atoms with Crippen LogP contribution in [0.25, 0.3) is 0 Å². The predicted molar refractivity (Wildman–Crippen MR) is 83.4 cm³/mol. The maximum Gasteiger partial charge on any atom is 0.00952 e. The highest BCUT2D eigenvalue weighted by Crippen LogP contribution is 2.28. The van der Waals surface area contributed by atoms with Crippen molar-refractivity contribution in [3.05, 3.63) is 35.9 Å². The monoisotopic (exact) mass is 259 g/mol. The molecule has 0 saturated heterocycles. The van der Waals surface area contributed by atoms with Gasteiger partial charge in [0.2, 0.25) is 0 Å². The Kier molecular flexibility index (Phi) is 5.45. The molecule has 1 aromatic carbocycles. The van der Waals surface area contributed by atoms with Crippen molar-refractivity contribution < 1.29 is 0 Å². The minimum Gasteiger partial charge on any atom is -0.314 e. The predicted octanol–water partition coefficient (Wildman–Crippen LogP) is 4.59. The molecule has 4 atom stereocenters. The Balaban J connectivity index is 1.74. The number of benzene rings is 1. The molecule has 2 rings (SSSR count). The van der Waals surface area contributed by atoms with E-state index >= 15 is 0 Å². The number of hydrogen-bond donors (Lipinski definition) is 1. The summed E-state index contributed by atoms with van der Waals surface area (Å²) in [6.07, 6.45) is 5.41. The van der Waals surface area contributed by atoms with Gasteiger partial charge in [0.15, 0.2) is 0 Å². The third kappa shape index (κ3) is 4.35. The number of hydrogen-bond acceptors (Lipinski definition) is 1. The smallest absolute Gasteiger partial charge is 0.00952 e. The van der Waals surface area contributed by atoms with Gasteiger partial charge >= 0.3 is 0 Å². The van der Waals surface area contributed by atoms with Gasteiger partial charge in [-0.2, -0.15) is 0 Å². The van der Waals surface area contributed by atoms with Crippen LogP contribution in [0.15, 0.2) is 30.3 Å². The number of rotatable bonds is 5. The Labute approximate surface area is 118 Å². The Morgan fingerprint density at radius 2 is 1.89 bits per heavy atom. The van der Waals surface area contributed by atoms with Crippen molar-refractivity contribution in [2.75, 3.05) is 6.54 Å². The zero-order valence-corrected chi connectivity index (χ0v) is 12.7. The highest BCUT2D eigenvalue weighted by Gasteiger charge is 2.24. The van der Waals surface area contributed by atoms with Crippen molar-refractivity contribution in [3.63, 3.8) is 0 Å².